The van der Waals surface area contributed by atoms with Crippen LogP contribution in [0.4, 0.5) is 0 Å². The highest BCUT2D eigenvalue weighted by atomic mass is 32.1. The largest absolute Gasteiger partial charge is 0.391 e. The molecule has 3 aromatic rings. The van der Waals surface area contributed by atoms with Crippen molar-refractivity contribution in [2.45, 2.75) is 57.8 Å². The summed E-state index contributed by atoms with van der Waals surface area (Å²) in [5.74, 6) is -0.655. The van der Waals surface area contributed by atoms with E-state index < -0.39 is 18.2 Å². The number of rotatable bonds is 9. The molecule has 0 aliphatic carbocycles. The molecule has 1 N–H and O–H groups in total. The highest BCUT2D eigenvalue weighted by Gasteiger charge is 2.45. The maximum absolute atomic E-state index is 13.9. The van der Waals surface area contributed by atoms with Crippen LogP contribution in [0.1, 0.15) is 53.9 Å². The zero-order valence-corrected chi connectivity index (χ0v) is 23.1. The van der Waals surface area contributed by atoms with Gasteiger partial charge in [0.2, 0.25) is 5.91 Å². The van der Waals surface area contributed by atoms with Crippen molar-refractivity contribution in [3.8, 4) is 10.4 Å². The first-order valence-corrected chi connectivity index (χ1v) is 14.2. The number of aromatic nitrogens is 1. The number of nitrogens with zero attached hydrogens (tertiary/aromatic N) is 3. The molecule has 0 radical (unpaired) electrons. The number of Topliss-reactive ketones (excluding diaryl/α,β-unsaturated/α-hetero) is 1. The fraction of sp³-hybridized carbons (Fsp3) is 0.355. The van der Waals surface area contributed by atoms with E-state index in [-0.39, 0.29) is 42.9 Å². The lowest BCUT2D eigenvalue weighted by atomic mass is 9.98. The lowest BCUT2D eigenvalue weighted by Gasteiger charge is -2.35. The summed E-state index contributed by atoms with van der Waals surface area (Å²) in [6.07, 6.45) is 2.00. The molecule has 0 spiro atoms. The molecule has 3 heterocycles. The normalized spacial score (nSPS) is 19.4. The molecule has 1 fully saturated rings. The van der Waals surface area contributed by atoms with Gasteiger partial charge in [-0.25, -0.2) is 4.98 Å². The molecule has 202 valence electrons. The topological polar surface area (TPSA) is 90.8 Å². The summed E-state index contributed by atoms with van der Waals surface area (Å²) >= 11 is 1.56. The minimum absolute atomic E-state index is 0.0704. The van der Waals surface area contributed by atoms with Crippen molar-refractivity contribution < 1.29 is 19.5 Å². The SMILES string of the molecule is C=Cc1ncsc1-c1ccc(CCC(=O)[C@@H]2C[C@@H](O)CN2C(=O)[C@H](C(C)C)N2Cc3ccccc3C2=O)cc1. The number of carbonyl (C=O) groups is 3. The fourth-order valence-electron chi connectivity index (χ4n) is 5.69. The van der Waals surface area contributed by atoms with E-state index in [1.54, 1.807) is 33.9 Å². The Labute approximate surface area is 232 Å². The third-order valence-corrected chi connectivity index (χ3v) is 8.56. The Balaban J connectivity index is 1.27. The molecule has 5 rings (SSSR count). The van der Waals surface area contributed by atoms with Gasteiger partial charge in [-0.1, -0.05) is 62.9 Å². The molecular formula is C31H33N3O4S. The first kappa shape index (κ1) is 27.0. The smallest absolute Gasteiger partial charge is 0.255 e. The highest BCUT2D eigenvalue weighted by molar-refractivity contribution is 7.13. The highest BCUT2D eigenvalue weighted by Crippen LogP contribution is 2.31. The second kappa shape index (κ2) is 11.2. The Morgan fingerprint density at radius 1 is 1.18 bits per heavy atom. The van der Waals surface area contributed by atoms with Crippen LogP contribution in [-0.2, 0) is 22.6 Å². The van der Waals surface area contributed by atoms with Crippen molar-refractivity contribution >= 4 is 35.0 Å². The molecule has 0 saturated carbocycles. The zero-order chi connectivity index (χ0) is 27.7. The first-order valence-electron chi connectivity index (χ1n) is 13.3. The minimum atomic E-state index is -0.764. The lowest BCUT2D eigenvalue weighted by Crippen LogP contribution is -2.54. The van der Waals surface area contributed by atoms with Gasteiger partial charge >= 0.3 is 0 Å². The van der Waals surface area contributed by atoms with Gasteiger partial charge in [0.05, 0.1) is 28.2 Å². The summed E-state index contributed by atoms with van der Waals surface area (Å²) in [5.41, 5.74) is 6.24. The summed E-state index contributed by atoms with van der Waals surface area (Å²) in [6.45, 7) is 8.11. The van der Waals surface area contributed by atoms with Crippen LogP contribution in [-0.4, -0.2) is 62.2 Å². The molecule has 39 heavy (non-hydrogen) atoms. The molecular weight excluding hydrogens is 510 g/mol. The average Bonchev–Trinajstić information content (AvgIpc) is 3.65. The van der Waals surface area contributed by atoms with Gasteiger partial charge in [-0.05, 0) is 41.2 Å². The second-order valence-corrected chi connectivity index (χ2v) is 11.5. The molecule has 2 amide bonds. The van der Waals surface area contributed by atoms with E-state index in [9.17, 15) is 19.5 Å². The number of ketones is 1. The van der Waals surface area contributed by atoms with Crippen LogP contribution >= 0.6 is 11.3 Å². The molecule has 1 aromatic heterocycles. The van der Waals surface area contributed by atoms with Gasteiger partial charge in [0, 0.05) is 31.5 Å². The fourth-order valence-corrected chi connectivity index (χ4v) is 6.49. The number of aryl methyl sites for hydroxylation is 1. The minimum Gasteiger partial charge on any atom is -0.391 e. The Bertz CT molecular complexity index is 1400. The van der Waals surface area contributed by atoms with E-state index in [4.69, 9.17) is 0 Å². The summed E-state index contributed by atoms with van der Waals surface area (Å²) < 4.78 is 0. The summed E-state index contributed by atoms with van der Waals surface area (Å²) in [5, 5.41) is 10.5. The number of hydrogen-bond donors (Lipinski definition) is 1. The van der Waals surface area contributed by atoms with Gasteiger partial charge in [-0.2, -0.15) is 0 Å². The molecule has 2 aliphatic heterocycles. The van der Waals surface area contributed by atoms with Crippen molar-refractivity contribution in [1.29, 1.82) is 0 Å². The first-order chi connectivity index (χ1) is 18.8. The number of fused-ring (bicyclic) bond motifs is 1. The van der Waals surface area contributed by atoms with Crippen LogP contribution in [0.2, 0.25) is 0 Å². The van der Waals surface area contributed by atoms with Crippen LogP contribution in [0.3, 0.4) is 0 Å². The van der Waals surface area contributed by atoms with Gasteiger partial charge in [-0.15, -0.1) is 11.3 Å². The average molecular weight is 544 g/mol. The maximum atomic E-state index is 13.9. The number of benzene rings is 2. The Kier molecular flexibility index (Phi) is 7.77. The number of carbonyl (C=O) groups excluding carboxylic acids is 3. The van der Waals surface area contributed by atoms with Crippen LogP contribution in [0.15, 0.2) is 60.6 Å². The predicted molar refractivity (Wildman–Crippen MR) is 152 cm³/mol. The Morgan fingerprint density at radius 3 is 2.62 bits per heavy atom. The van der Waals surface area contributed by atoms with Gasteiger partial charge in [-0.3, -0.25) is 14.4 Å². The van der Waals surface area contributed by atoms with E-state index >= 15 is 0 Å². The zero-order valence-electron chi connectivity index (χ0n) is 22.2. The predicted octanol–water partition coefficient (Wildman–Crippen LogP) is 4.60. The van der Waals surface area contributed by atoms with Crippen molar-refractivity contribution in [3.63, 3.8) is 0 Å². The maximum Gasteiger partial charge on any atom is 0.255 e. The number of thiazole rings is 1. The van der Waals surface area contributed by atoms with E-state index in [1.807, 2.05) is 56.3 Å². The number of likely N-dealkylation sites (tertiary alicyclic amines) is 1. The standard InChI is InChI=1S/C31H33N3O4S/c1-4-25-29(39-18-32-25)21-12-9-20(10-13-21)11-14-27(36)26-15-23(35)17-33(26)31(38)28(19(2)3)34-16-22-7-5-6-8-24(22)30(34)37/h4-10,12-13,18-19,23,26,28,35H,1,11,14-17H2,2-3H3/t23-,26+,28+/m1/s1. The molecule has 0 bridgehead atoms. The van der Waals surface area contributed by atoms with Gasteiger partial charge < -0.3 is 14.9 Å². The Hall–Kier alpha value is -3.62. The van der Waals surface area contributed by atoms with Crippen molar-refractivity contribution in [2.75, 3.05) is 6.54 Å². The monoisotopic (exact) mass is 543 g/mol. The van der Waals surface area contributed by atoms with Crippen molar-refractivity contribution in [1.82, 2.24) is 14.8 Å². The second-order valence-electron chi connectivity index (χ2n) is 10.6. The Morgan fingerprint density at radius 2 is 1.92 bits per heavy atom. The third kappa shape index (κ3) is 5.31. The lowest BCUT2D eigenvalue weighted by molar-refractivity contribution is -0.142. The van der Waals surface area contributed by atoms with E-state index in [2.05, 4.69) is 11.6 Å². The van der Waals surface area contributed by atoms with Crippen LogP contribution < -0.4 is 0 Å². The van der Waals surface area contributed by atoms with Gasteiger partial charge in [0.15, 0.2) is 5.78 Å². The van der Waals surface area contributed by atoms with Crippen molar-refractivity contribution in [2.24, 2.45) is 5.92 Å². The number of amides is 2. The quantitative estimate of drug-likeness (QED) is 0.426. The number of aliphatic hydroxyl groups excluding tert-OH is 1. The van der Waals surface area contributed by atoms with E-state index in [0.29, 0.717) is 18.5 Å². The van der Waals surface area contributed by atoms with Crippen molar-refractivity contribution in [3.05, 3.63) is 83.0 Å². The summed E-state index contributed by atoms with van der Waals surface area (Å²) in [4.78, 5) is 48.9. The summed E-state index contributed by atoms with van der Waals surface area (Å²) in [7, 11) is 0. The molecule has 2 aromatic carbocycles. The van der Waals surface area contributed by atoms with Crippen LogP contribution in [0.5, 0.6) is 0 Å². The number of β-amino-alcohol motifs (C(OH)–C–C–N with tert-alkyl or cyclic N) is 1. The molecule has 1 saturated heterocycles. The third-order valence-electron chi connectivity index (χ3n) is 7.67. The van der Waals surface area contributed by atoms with E-state index in [1.165, 1.54) is 4.90 Å². The van der Waals surface area contributed by atoms with Crippen LogP contribution in [0.25, 0.3) is 16.5 Å². The van der Waals surface area contributed by atoms with Crippen LogP contribution in [0, 0.1) is 5.92 Å². The number of aliphatic hydroxyl groups is 1. The molecule has 2 aliphatic rings. The van der Waals surface area contributed by atoms with E-state index in [0.717, 1.165) is 27.3 Å². The number of hydrogen-bond acceptors (Lipinski definition) is 6. The van der Waals surface area contributed by atoms with Gasteiger partial charge in [0.25, 0.3) is 5.91 Å². The molecule has 0 unspecified atom stereocenters. The summed E-state index contributed by atoms with van der Waals surface area (Å²) in [6, 6.07) is 14.1. The van der Waals surface area contributed by atoms with Gasteiger partial charge in [0.1, 0.15) is 6.04 Å². The molecule has 7 nitrogen and oxygen atoms in total. The molecule has 8 heteroatoms. The molecule has 3 atom stereocenters.